The van der Waals surface area contributed by atoms with Crippen LogP contribution < -0.4 is 10.6 Å². The zero-order chi connectivity index (χ0) is 31.8. The summed E-state index contributed by atoms with van der Waals surface area (Å²) >= 11 is 0. The van der Waals surface area contributed by atoms with Gasteiger partial charge in [-0.3, -0.25) is 14.5 Å². The van der Waals surface area contributed by atoms with Crippen LogP contribution in [-0.2, 0) is 23.8 Å². The van der Waals surface area contributed by atoms with Crippen molar-refractivity contribution in [3.63, 3.8) is 0 Å². The molecule has 0 bridgehead atoms. The standard InChI is InChI=1S/C36H57FN4O5/c1-3-8-22(9-4-2)39-36(43)26-21-41-28-20-30-24(23-10-5-6-11-29(23)45-30)19-31(28)46-35-32(27(37)18-25(33(35)41)34(26)42)38-12-7-13-40-14-16-44-17-15-40/h21-25,27-33,35,38H,3-20H2,1-2H3,(H,39,43). The zero-order valence-electron chi connectivity index (χ0n) is 28.0. The molecule has 1 amide bonds. The number of nitrogens with one attached hydrogen (secondary N) is 2. The first-order valence-corrected chi connectivity index (χ1v) is 18.8. The molecule has 46 heavy (non-hydrogen) atoms. The molecule has 3 saturated carbocycles. The summed E-state index contributed by atoms with van der Waals surface area (Å²) in [6, 6.07) is -0.710. The first-order valence-electron chi connectivity index (χ1n) is 18.8. The molecule has 0 radical (unpaired) electrons. The van der Waals surface area contributed by atoms with E-state index in [9.17, 15) is 9.59 Å². The molecule has 7 aliphatic rings. The number of hydrogen-bond donors (Lipinski definition) is 2. The van der Waals surface area contributed by atoms with E-state index in [1.54, 1.807) is 0 Å². The van der Waals surface area contributed by atoms with Gasteiger partial charge in [-0.2, -0.15) is 0 Å². The Labute approximate surface area is 274 Å². The lowest BCUT2D eigenvalue weighted by atomic mass is 9.67. The van der Waals surface area contributed by atoms with Gasteiger partial charge in [0.05, 0.1) is 61.3 Å². The Balaban J connectivity index is 1.14. The summed E-state index contributed by atoms with van der Waals surface area (Å²) in [7, 11) is 0. The van der Waals surface area contributed by atoms with Crippen LogP contribution in [0, 0.1) is 17.8 Å². The summed E-state index contributed by atoms with van der Waals surface area (Å²) < 4.78 is 35.5. The monoisotopic (exact) mass is 644 g/mol. The van der Waals surface area contributed by atoms with E-state index in [-0.39, 0.29) is 54.0 Å². The molecule has 7 rings (SSSR count). The number of hydrogen-bond acceptors (Lipinski definition) is 8. The Kier molecular flexibility index (Phi) is 10.4. The molecule has 3 aliphatic carbocycles. The number of morpholine rings is 2. The van der Waals surface area contributed by atoms with E-state index in [1.807, 2.05) is 6.20 Å². The smallest absolute Gasteiger partial charge is 0.256 e. The number of amides is 1. The highest BCUT2D eigenvalue weighted by Gasteiger charge is 2.61. The molecule has 6 fully saturated rings. The molecule has 2 N–H and O–H groups in total. The van der Waals surface area contributed by atoms with Gasteiger partial charge in [0.1, 0.15) is 6.17 Å². The number of Topliss-reactive ketones (excluding diaryl/α,β-unsaturated/α-hetero) is 1. The van der Waals surface area contributed by atoms with Gasteiger partial charge in [0, 0.05) is 31.2 Å². The minimum Gasteiger partial charge on any atom is -0.379 e. The van der Waals surface area contributed by atoms with Crippen LogP contribution >= 0.6 is 0 Å². The van der Waals surface area contributed by atoms with Crippen molar-refractivity contribution in [3.05, 3.63) is 11.8 Å². The van der Waals surface area contributed by atoms with E-state index in [4.69, 9.17) is 14.2 Å². The predicted octanol–water partition coefficient (Wildman–Crippen LogP) is 3.75. The summed E-state index contributed by atoms with van der Waals surface area (Å²) in [5.74, 6) is -0.0744. The quantitative estimate of drug-likeness (QED) is 0.260. The average molecular weight is 645 g/mol. The number of halogens is 1. The number of ketones is 1. The second-order valence-corrected chi connectivity index (χ2v) is 15.2. The first kappa shape index (κ1) is 32.9. The first-order chi connectivity index (χ1) is 22.5. The fourth-order valence-electron chi connectivity index (χ4n) is 10.3. The highest BCUT2D eigenvalue weighted by molar-refractivity contribution is 6.20. The SMILES string of the molecule is CCCC(CCC)NC(=O)C1=CN2C3CC4OC5CCCCC5C4CC3OC3C(NCCCN4CCOCC4)C(F)CC(C1=O)C32. The Morgan fingerprint density at radius 3 is 2.57 bits per heavy atom. The fraction of sp³-hybridized carbons (Fsp3) is 0.889. The van der Waals surface area contributed by atoms with Gasteiger partial charge in [0.25, 0.3) is 5.91 Å². The molecule has 0 spiro atoms. The molecule has 9 nitrogen and oxygen atoms in total. The number of rotatable bonds is 11. The Morgan fingerprint density at radius 1 is 1.00 bits per heavy atom. The van der Waals surface area contributed by atoms with Crippen LogP contribution in [0.5, 0.6) is 0 Å². The lowest BCUT2D eigenvalue weighted by Crippen LogP contribution is -2.73. The van der Waals surface area contributed by atoms with E-state index in [2.05, 4.69) is 34.3 Å². The summed E-state index contributed by atoms with van der Waals surface area (Å²) in [4.78, 5) is 32.6. The van der Waals surface area contributed by atoms with E-state index in [1.165, 1.54) is 19.3 Å². The van der Waals surface area contributed by atoms with Crippen LogP contribution in [-0.4, -0.2) is 116 Å². The summed E-state index contributed by atoms with van der Waals surface area (Å²) in [6.07, 6.45) is 12.0. The van der Waals surface area contributed by atoms with Crippen molar-refractivity contribution in [1.29, 1.82) is 0 Å². The van der Waals surface area contributed by atoms with Crippen molar-refractivity contribution in [2.24, 2.45) is 17.8 Å². The fourth-order valence-corrected chi connectivity index (χ4v) is 10.3. The van der Waals surface area contributed by atoms with E-state index in [0.29, 0.717) is 24.5 Å². The van der Waals surface area contributed by atoms with Gasteiger partial charge in [0.15, 0.2) is 5.78 Å². The molecule has 0 aromatic heterocycles. The van der Waals surface area contributed by atoms with Crippen molar-refractivity contribution >= 4 is 11.7 Å². The molecule has 11 atom stereocenters. The van der Waals surface area contributed by atoms with Gasteiger partial charge in [-0.05, 0) is 76.3 Å². The third-order valence-electron chi connectivity index (χ3n) is 12.4. The van der Waals surface area contributed by atoms with Crippen LogP contribution in [0.15, 0.2) is 11.8 Å². The van der Waals surface area contributed by atoms with Gasteiger partial charge in [-0.15, -0.1) is 0 Å². The van der Waals surface area contributed by atoms with E-state index in [0.717, 1.165) is 84.2 Å². The maximum absolute atomic E-state index is 16.3. The topological polar surface area (TPSA) is 92.4 Å². The van der Waals surface area contributed by atoms with Crippen molar-refractivity contribution in [1.82, 2.24) is 20.4 Å². The molecular weight excluding hydrogens is 587 g/mol. The highest BCUT2D eigenvalue weighted by Crippen LogP contribution is 2.52. The minimum absolute atomic E-state index is 0.0151. The van der Waals surface area contributed by atoms with Crippen LogP contribution in [0.4, 0.5) is 4.39 Å². The number of carbonyl (C=O) groups excluding carboxylic acids is 2. The highest BCUT2D eigenvalue weighted by atomic mass is 19.1. The summed E-state index contributed by atoms with van der Waals surface area (Å²) in [5.41, 5.74) is 0.199. The molecule has 3 saturated heterocycles. The van der Waals surface area contributed by atoms with E-state index >= 15 is 4.39 Å². The molecule has 4 heterocycles. The third kappa shape index (κ3) is 6.42. The Hall–Kier alpha value is -1.59. The number of ether oxygens (including phenoxy) is 3. The second-order valence-electron chi connectivity index (χ2n) is 15.2. The largest absolute Gasteiger partial charge is 0.379 e. The second kappa shape index (κ2) is 14.5. The number of nitrogens with zero attached hydrogens (tertiary/aromatic N) is 2. The van der Waals surface area contributed by atoms with Crippen LogP contribution in [0.2, 0.25) is 0 Å². The number of carbonyl (C=O) groups is 2. The molecule has 0 aromatic rings. The van der Waals surface area contributed by atoms with Crippen molar-refractivity contribution in [3.8, 4) is 0 Å². The van der Waals surface area contributed by atoms with Crippen molar-refractivity contribution in [2.75, 3.05) is 39.4 Å². The maximum atomic E-state index is 16.3. The van der Waals surface area contributed by atoms with Crippen LogP contribution in [0.3, 0.4) is 0 Å². The Bertz CT molecular complexity index is 1110. The van der Waals surface area contributed by atoms with Crippen LogP contribution in [0.1, 0.15) is 90.9 Å². The third-order valence-corrected chi connectivity index (χ3v) is 12.4. The molecule has 4 aliphatic heterocycles. The van der Waals surface area contributed by atoms with Crippen molar-refractivity contribution in [2.45, 2.75) is 146 Å². The molecule has 0 aromatic carbocycles. The van der Waals surface area contributed by atoms with E-state index < -0.39 is 24.2 Å². The number of alkyl halides is 1. The molecule has 258 valence electrons. The summed E-state index contributed by atoms with van der Waals surface area (Å²) in [5, 5.41) is 6.75. The lowest BCUT2D eigenvalue weighted by Gasteiger charge is -2.60. The number of fused-ring (bicyclic) bond motifs is 5. The van der Waals surface area contributed by atoms with Gasteiger partial charge >= 0.3 is 0 Å². The zero-order valence-corrected chi connectivity index (χ0v) is 28.0. The minimum atomic E-state index is -1.22. The maximum Gasteiger partial charge on any atom is 0.256 e. The lowest BCUT2D eigenvalue weighted by molar-refractivity contribution is -0.209. The van der Waals surface area contributed by atoms with Crippen LogP contribution in [0.25, 0.3) is 0 Å². The molecular formula is C36H57FN4O5. The van der Waals surface area contributed by atoms with Crippen molar-refractivity contribution < 1.29 is 28.2 Å². The van der Waals surface area contributed by atoms with Gasteiger partial charge in [-0.1, -0.05) is 39.5 Å². The summed E-state index contributed by atoms with van der Waals surface area (Å²) in [6.45, 7) is 9.32. The predicted molar refractivity (Wildman–Crippen MR) is 173 cm³/mol. The van der Waals surface area contributed by atoms with Gasteiger partial charge in [0.2, 0.25) is 0 Å². The average Bonchev–Trinajstić information content (AvgIpc) is 3.42. The normalized spacial score (nSPS) is 40.5. The van der Waals surface area contributed by atoms with Gasteiger partial charge in [-0.25, -0.2) is 4.39 Å². The molecule has 11 unspecified atom stereocenters. The Morgan fingerprint density at radius 2 is 1.78 bits per heavy atom. The molecule has 10 heteroatoms. The van der Waals surface area contributed by atoms with Gasteiger partial charge < -0.3 is 29.7 Å².